The third-order valence-corrected chi connectivity index (χ3v) is 7.97. The minimum atomic E-state index is -0.844. The number of anilines is 1. The molecular formula is C24H24BrN5O2. The van der Waals surface area contributed by atoms with Gasteiger partial charge in [0, 0.05) is 41.2 Å². The molecule has 1 spiro atoms. The van der Waals surface area contributed by atoms with Gasteiger partial charge < -0.3 is 25.8 Å². The number of pyridine rings is 2. The van der Waals surface area contributed by atoms with Crippen LogP contribution in [0.1, 0.15) is 30.5 Å². The van der Waals surface area contributed by atoms with E-state index in [1.165, 1.54) is 0 Å². The summed E-state index contributed by atoms with van der Waals surface area (Å²) in [7, 11) is 0. The van der Waals surface area contributed by atoms with Crippen molar-refractivity contribution in [3.63, 3.8) is 0 Å². The molecule has 4 aromatic rings. The van der Waals surface area contributed by atoms with Crippen LogP contribution in [0.4, 0.5) is 5.82 Å². The molecule has 5 atom stereocenters. The molecule has 0 radical (unpaired) electrons. The molecule has 1 aliphatic heterocycles. The molecule has 4 heterocycles. The van der Waals surface area contributed by atoms with Crippen molar-refractivity contribution in [1.82, 2.24) is 19.9 Å². The molecule has 5 N–H and O–H groups in total. The van der Waals surface area contributed by atoms with Crippen LogP contribution in [0, 0.1) is 5.41 Å². The molecule has 164 valence electrons. The highest BCUT2D eigenvalue weighted by atomic mass is 79.9. The van der Waals surface area contributed by atoms with Gasteiger partial charge in [-0.15, -0.1) is 0 Å². The highest BCUT2D eigenvalue weighted by Gasteiger charge is 2.56. The highest BCUT2D eigenvalue weighted by Crippen LogP contribution is 2.52. The van der Waals surface area contributed by atoms with Gasteiger partial charge in [-0.3, -0.25) is 0 Å². The van der Waals surface area contributed by atoms with Gasteiger partial charge in [0.15, 0.2) is 0 Å². The summed E-state index contributed by atoms with van der Waals surface area (Å²) in [6.45, 7) is 0.646. The zero-order valence-corrected chi connectivity index (χ0v) is 18.9. The van der Waals surface area contributed by atoms with Crippen molar-refractivity contribution in [2.75, 3.05) is 12.3 Å². The Hall–Kier alpha value is -2.52. The summed E-state index contributed by atoms with van der Waals surface area (Å²) < 4.78 is 2.81. The van der Waals surface area contributed by atoms with Crippen molar-refractivity contribution in [2.45, 2.75) is 37.1 Å². The monoisotopic (exact) mass is 493 g/mol. The second-order valence-corrected chi connectivity index (χ2v) is 10.0. The maximum Gasteiger partial charge on any atom is 0.140 e. The molecule has 1 aromatic carbocycles. The molecule has 1 aliphatic carbocycles. The van der Waals surface area contributed by atoms with Crippen molar-refractivity contribution in [1.29, 1.82) is 0 Å². The summed E-state index contributed by atoms with van der Waals surface area (Å²) >= 11 is 3.43. The number of benzene rings is 1. The van der Waals surface area contributed by atoms with E-state index in [0.717, 1.165) is 38.4 Å². The lowest BCUT2D eigenvalue weighted by atomic mass is 9.80. The van der Waals surface area contributed by atoms with Crippen LogP contribution in [0.2, 0.25) is 0 Å². The zero-order valence-electron chi connectivity index (χ0n) is 17.3. The molecule has 0 amide bonds. The van der Waals surface area contributed by atoms with Gasteiger partial charge in [-0.05, 0) is 64.7 Å². The molecule has 8 heteroatoms. The Labute approximate surface area is 193 Å². The standard InChI is InChI=1S/C24H24BrN5O2/c25-16-8-14-3-4-15(9-17(14)29-22(16)26)18-10-24(12-28-18)11-19(20(31)21(24)32)30-7-5-13-2-1-6-27-23(13)30/h1-9,18-21,28,31-32H,10-12H2,(H2,26,29)/t18-,19+,20-,21-,24-/m0/s1. The van der Waals surface area contributed by atoms with Gasteiger partial charge in [-0.2, -0.15) is 0 Å². The number of nitrogens with two attached hydrogens (primary N) is 1. The number of hydrogen-bond acceptors (Lipinski definition) is 6. The molecule has 0 unspecified atom stereocenters. The van der Waals surface area contributed by atoms with E-state index in [-0.39, 0.29) is 12.1 Å². The van der Waals surface area contributed by atoms with Crippen LogP contribution >= 0.6 is 15.9 Å². The number of nitrogens with one attached hydrogen (secondary N) is 1. The molecule has 6 rings (SSSR count). The molecule has 1 saturated heterocycles. The Morgan fingerprint density at radius 3 is 2.88 bits per heavy atom. The molecule has 3 aromatic heterocycles. The lowest BCUT2D eigenvalue weighted by Gasteiger charge is -2.27. The third kappa shape index (κ3) is 2.97. The van der Waals surface area contributed by atoms with Crippen LogP contribution in [-0.4, -0.2) is 43.5 Å². The number of halogens is 1. The van der Waals surface area contributed by atoms with Crippen molar-refractivity contribution < 1.29 is 10.2 Å². The predicted molar refractivity (Wildman–Crippen MR) is 127 cm³/mol. The van der Waals surface area contributed by atoms with Crippen molar-refractivity contribution in [3.05, 3.63) is 64.9 Å². The Morgan fingerprint density at radius 1 is 1.12 bits per heavy atom. The summed E-state index contributed by atoms with van der Waals surface area (Å²) in [5.74, 6) is 0.468. The minimum Gasteiger partial charge on any atom is -0.390 e. The summed E-state index contributed by atoms with van der Waals surface area (Å²) in [5.41, 5.74) is 8.38. The summed E-state index contributed by atoms with van der Waals surface area (Å²) in [6.07, 6.45) is 3.50. The van der Waals surface area contributed by atoms with E-state index < -0.39 is 17.6 Å². The number of aromatic nitrogens is 3. The number of rotatable bonds is 2. The van der Waals surface area contributed by atoms with Gasteiger partial charge in [0.05, 0.1) is 22.1 Å². The molecule has 32 heavy (non-hydrogen) atoms. The van der Waals surface area contributed by atoms with Crippen molar-refractivity contribution in [2.24, 2.45) is 5.41 Å². The quantitative estimate of drug-likeness (QED) is 0.341. The molecule has 0 bridgehead atoms. The first-order valence-corrected chi connectivity index (χ1v) is 11.6. The van der Waals surface area contributed by atoms with Crippen molar-refractivity contribution >= 4 is 43.7 Å². The van der Waals surface area contributed by atoms with E-state index in [1.54, 1.807) is 6.20 Å². The van der Waals surface area contributed by atoms with Crippen LogP contribution < -0.4 is 11.1 Å². The fourth-order valence-corrected chi connectivity index (χ4v) is 5.97. The highest BCUT2D eigenvalue weighted by molar-refractivity contribution is 9.10. The second-order valence-electron chi connectivity index (χ2n) is 9.15. The van der Waals surface area contributed by atoms with Crippen LogP contribution in [0.3, 0.4) is 0 Å². The van der Waals surface area contributed by atoms with E-state index in [0.29, 0.717) is 18.8 Å². The first kappa shape index (κ1) is 20.1. The fourth-order valence-electron chi connectivity index (χ4n) is 5.63. The average molecular weight is 494 g/mol. The normalized spacial score (nSPS) is 30.1. The number of hydrogen-bond donors (Lipinski definition) is 4. The van der Waals surface area contributed by atoms with Gasteiger partial charge >= 0.3 is 0 Å². The van der Waals surface area contributed by atoms with E-state index in [2.05, 4.69) is 49.4 Å². The molecule has 7 nitrogen and oxygen atoms in total. The van der Waals surface area contributed by atoms with E-state index in [4.69, 9.17) is 5.73 Å². The summed E-state index contributed by atoms with van der Waals surface area (Å²) in [6, 6.07) is 14.0. The lowest BCUT2D eigenvalue weighted by molar-refractivity contribution is -0.0218. The molecule has 1 saturated carbocycles. The van der Waals surface area contributed by atoms with E-state index >= 15 is 0 Å². The van der Waals surface area contributed by atoms with Gasteiger partial charge in [-0.25, -0.2) is 9.97 Å². The van der Waals surface area contributed by atoms with Gasteiger partial charge in [0.25, 0.3) is 0 Å². The Kier molecular flexibility index (Phi) is 4.55. The van der Waals surface area contributed by atoms with Crippen LogP contribution in [0.5, 0.6) is 0 Å². The summed E-state index contributed by atoms with van der Waals surface area (Å²) in [5, 5.41) is 27.8. The van der Waals surface area contributed by atoms with Crippen LogP contribution in [0.25, 0.3) is 21.9 Å². The number of aliphatic hydroxyl groups excluding tert-OH is 2. The van der Waals surface area contributed by atoms with Gasteiger partial charge in [0.2, 0.25) is 0 Å². The Bertz CT molecular complexity index is 1340. The molecule has 2 aliphatic rings. The van der Waals surface area contributed by atoms with Gasteiger partial charge in [0.1, 0.15) is 17.6 Å². The third-order valence-electron chi connectivity index (χ3n) is 7.33. The smallest absolute Gasteiger partial charge is 0.140 e. The number of nitrogen functional groups attached to an aromatic ring is 1. The number of aliphatic hydroxyl groups is 2. The second kappa shape index (κ2) is 7.25. The van der Waals surface area contributed by atoms with Crippen molar-refractivity contribution in [3.8, 4) is 0 Å². The maximum absolute atomic E-state index is 11.1. The topological polar surface area (TPSA) is 109 Å². The Morgan fingerprint density at radius 2 is 2.00 bits per heavy atom. The van der Waals surface area contributed by atoms with Crippen LogP contribution in [0.15, 0.2) is 59.3 Å². The van der Waals surface area contributed by atoms with E-state index in [9.17, 15) is 10.2 Å². The first-order valence-electron chi connectivity index (χ1n) is 10.8. The zero-order chi connectivity index (χ0) is 22.0. The Balaban J connectivity index is 1.30. The SMILES string of the molecule is Nc1nc2cc([C@@H]3C[C@@]4(CN3)C[C@@H](n3ccc5cccnc53)[C@H](O)[C@@H]4O)ccc2cc1Br. The molecular weight excluding hydrogens is 470 g/mol. The maximum atomic E-state index is 11.1. The minimum absolute atomic E-state index is 0.0752. The van der Waals surface area contributed by atoms with E-state index in [1.807, 2.05) is 35.0 Å². The lowest BCUT2D eigenvalue weighted by Crippen LogP contribution is -2.38. The summed E-state index contributed by atoms with van der Waals surface area (Å²) in [4.78, 5) is 9.00. The van der Waals surface area contributed by atoms with Gasteiger partial charge in [-0.1, -0.05) is 12.1 Å². The predicted octanol–water partition coefficient (Wildman–Crippen LogP) is 3.32. The average Bonchev–Trinajstić information content (AvgIpc) is 3.48. The first-order chi connectivity index (χ1) is 15.4. The van der Waals surface area contributed by atoms with Crippen LogP contribution in [-0.2, 0) is 0 Å². The largest absolute Gasteiger partial charge is 0.390 e. The fraction of sp³-hybridized carbons (Fsp3) is 0.333. The number of fused-ring (bicyclic) bond motifs is 2. The number of nitrogens with zero attached hydrogens (tertiary/aromatic N) is 3. The molecule has 2 fully saturated rings.